The van der Waals surface area contributed by atoms with E-state index in [0.29, 0.717) is 36.7 Å². The van der Waals surface area contributed by atoms with Gasteiger partial charge in [0.2, 0.25) is 11.8 Å². The van der Waals surface area contributed by atoms with Crippen LogP contribution in [-0.2, 0) is 13.0 Å². The number of ether oxygens (including phenoxy) is 2. The van der Waals surface area contributed by atoms with Gasteiger partial charge < -0.3 is 19.3 Å². The molecule has 0 radical (unpaired) electrons. The first kappa shape index (κ1) is 22.2. The van der Waals surface area contributed by atoms with Crippen molar-refractivity contribution in [1.82, 2.24) is 14.9 Å². The number of hydrogen-bond acceptors (Lipinski definition) is 6. The van der Waals surface area contributed by atoms with Crippen LogP contribution in [0.25, 0.3) is 0 Å². The van der Waals surface area contributed by atoms with Crippen molar-refractivity contribution < 1.29 is 14.3 Å². The Kier molecular flexibility index (Phi) is 6.34. The molecule has 1 amide bonds. The lowest BCUT2D eigenvalue weighted by Gasteiger charge is -2.32. The summed E-state index contributed by atoms with van der Waals surface area (Å²) in [6.07, 6.45) is 4.21. The van der Waals surface area contributed by atoms with Crippen LogP contribution in [0.5, 0.6) is 17.4 Å². The molecule has 1 aromatic heterocycles. The molecule has 0 atom stereocenters. The summed E-state index contributed by atoms with van der Waals surface area (Å²) in [6, 6.07) is 15.2. The maximum absolute atomic E-state index is 13.3. The Morgan fingerprint density at radius 3 is 2.53 bits per heavy atom. The number of rotatable bonds is 5. The number of carbonyl (C=O) groups excluding carboxylic acids is 1. The van der Waals surface area contributed by atoms with E-state index in [1.807, 2.05) is 54.3 Å². The van der Waals surface area contributed by atoms with Crippen LogP contribution >= 0.6 is 0 Å². The largest absolute Gasteiger partial charge is 0.497 e. The van der Waals surface area contributed by atoms with Gasteiger partial charge in [-0.25, -0.2) is 4.98 Å². The summed E-state index contributed by atoms with van der Waals surface area (Å²) < 4.78 is 11.6. The van der Waals surface area contributed by atoms with Crippen molar-refractivity contribution in [3.8, 4) is 17.4 Å². The Balaban J connectivity index is 1.48. The highest BCUT2D eigenvalue weighted by atomic mass is 16.5. The first-order valence-electron chi connectivity index (χ1n) is 11.9. The van der Waals surface area contributed by atoms with Crippen molar-refractivity contribution in [2.24, 2.45) is 0 Å². The fourth-order valence-corrected chi connectivity index (χ4v) is 4.59. The van der Waals surface area contributed by atoms with Crippen LogP contribution in [0.4, 0.5) is 5.95 Å². The monoisotopic (exact) mass is 458 g/mol. The predicted octanol–water partition coefficient (Wildman–Crippen LogP) is 4.77. The maximum Gasteiger partial charge on any atom is 0.254 e. The Bertz CT molecular complexity index is 1190. The third-order valence-electron chi connectivity index (χ3n) is 6.46. The molecule has 1 saturated heterocycles. The summed E-state index contributed by atoms with van der Waals surface area (Å²) in [6.45, 7) is 4.97. The van der Waals surface area contributed by atoms with Crippen LogP contribution in [0.2, 0.25) is 0 Å². The van der Waals surface area contributed by atoms with Crippen LogP contribution in [0.3, 0.4) is 0 Å². The lowest BCUT2D eigenvalue weighted by Crippen LogP contribution is -2.37. The van der Waals surface area contributed by atoms with Gasteiger partial charge in [0.15, 0.2) is 0 Å². The molecule has 34 heavy (non-hydrogen) atoms. The van der Waals surface area contributed by atoms with E-state index in [4.69, 9.17) is 19.4 Å². The molecule has 176 valence electrons. The van der Waals surface area contributed by atoms with Gasteiger partial charge in [-0.2, -0.15) is 4.98 Å². The number of fused-ring (bicyclic) bond motifs is 1. The van der Waals surface area contributed by atoms with Crippen LogP contribution in [0, 0.1) is 6.92 Å². The second-order valence-electron chi connectivity index (χ2n) is 8.93. The zero-order valence-corrected chi connectivity index (χ0v) is 19.8. The summed E-state index contributed by atoms with van der Waals surface area (Å²) >= 11 is 0. The molecular formula is C27H30N4O3. The van der Waals surface area contributed by atoms with Gasteiger partial charge in [0.25, 0.3) is 5.91 Å². The van der Waals surface area contributed by atoms with Gasteiger partial charge in [-0.1, -0.05) is 18.2 Å². The average Bonchev–Trinajstić information content (AvgIpc) is 2.88. The molecule has 1 fully saturated rings. The zero-order valence-electron chi connectivity index (χ0n) is 19.8. The molecule has 2 aromatic carbocycles. The molecule has 7 heteroatoms. The number of nitrogens with zero attached hydrogens (tertiary/aromatic N) is 4. The standard InChI is InChI=1S/C27H30N4O3/c1-19-8-6-11-22(16-19)34-25-23-18-31(26(32)20-9-7-10-21(17-20)33-2)15-12-24(23)28-27(29-25)30-13-4-3-5-14-30/h6-11,16-17H,3-5,12-15,18H2,1-2H3. The molecule has 2 aliphatic heterocycles. The Labute approximate surface area is 200 Å². The van der Waals surface area contributed by atoms with E-state index in [9.17, 15) is 4.79 Å². The van der Waals surface area contributed by atoms with Gasteiger partial charge in [-0.15, -0.1) is 0 Å². The normalized spacial score (nSPS) is 15.6. The number of hydrogen-bond donors (Lipinski definition) is 0. The molecule has 0 bridgehead atoms. The second-order valence-corrected chi connectivity index (χ2v) is 8.93. The number of carbonyl (C=O) groups is 1. The Morgan fingerprint density at radius 1 is 0.941 bits per heavy atom. The van der Waals surface area contributed by atoms with Gasteiger partial charge in [-0.05, 0) is 62.1 Å². The number of anilines is 1. The van der Waals surface area contributed by atoms with Crippen molar-refractivity contribution in [1.29, 1.82) is 0 Å². The molecule has 0 aliphatic carbocycles. The van der Waals surface area contributed by atoms with E-state index < -0.39 is 0 Å². The first-order valence-corrected chi connectivity index (χ1v) is 11.9. The molecule has 7 nitrogen and oxygen atoms in total. The van der Waals surface area contributed by atoms with Gasteiger partial charge in [-0.3, -0.25) is 4.79 Å². The van der Waals surface area contributed by atoms with E-state index >= 15 is 0 Å². The summed E-state index contributed by atoms with van der Waals surface area (Å²) in [5.41, 5.74) is 3.57. The fraction of sp³-hybridized carbons (Fsp3) is 0.370. The zero-order chi connectivity index (χ0) is 23.5. The smallest absolute Gasteiger partial charge is 0.254 e. The fourth-order valence-electron chi connectivity index (χ4n) is 4.59. The lowest BCUT2D eigenvalue weighted by atomic mass is 10.0. The van der Waals surface area contributed by atoms with Crippen LogP contribution in [0.1, 0.15) is 46.4 Å². The van der Waals surface area contributed by atoms with E-state index in [2.05, 4.69) is 4.90 Å². The van der Waals surface area contributed by atoms with Crippen molar-refractivity contribution in [3.05, 3.63) is 70.9 Å². The van der Waals surface area contributed by atoms with E-state index in [1.54, 1.807) is 13.2 Å². The highest BCUT2D eigenvalue weighted by Gasteiger charge is 2.29. The lowest BCUT2D eigenvalue weighted by molar-refractivity contribution is 0.0731. The quantitative estimate of drug-likeness (QED) is 0.548. The Hall–Kier alpha value is -3.61. The molecule has 3 aromatic rings. The van der Waals surface area contributed by atoms with E-state index in [0.717, 1.165) is 54.4 Å². The highest BCUT2D eigenvalue weighted by Crippen LogP contribution is 2.33. The molecule has 0 spiro atoms. The molecule has 3 heterocycles. The van der Waals surface area contributed by atoms with Crippen LogP contribution < -0.4 is 14.4 Å². The SMILES string of the molecule is COc1cccc(C(=O)N2CCc3nc(N4CCCCC4)nc(Oc4cccc(C)c4)c3C2)c1. The summed E-state index contributed by atoms with van der Waals surface area (Å²) in [7, 11) is 1.60. The minimum Gasteiger partial charge on any atom is -0.497 e. The van der Waals surface area contributed by atoms with Crippen LogP contribution in [-0.4, -0.2) is 47.5 Å². The maximum atomic E-state index is 13.3. The van der Waals surface area contributed by atoms with Gasteiger partial charge in [0, 0.05) is 31.6 Å². The number of benzene rings is 2. The van der Waals surface area contributed by atoms with Crippen molar-refractivity contribution in [2.45, 2.75) is 39.2 Å². The average molecular weight is 459 g/mol. The van der Waals surface area contributed by atoms with Gasteiger partial charge in [0.05, 0.1) is 24.9 Å². The third-order valence-corrected chi connectivity index (χ3v) is 6.46. The summed E-state index contributed by atoms with van der Waals surface area (Å²) in [4.78, 5) is 27.2. The highest BCUT2D eigenvalue weighted by molar-refractivity contribution is 5.94. The van der Waals surface area contributed by atoms with Crippen molar-refractivity contribution >= 4 is 11.9 Å². The van der Waals surface area contributed by atoms with E-state index in [1.165, 1.54) is 6.42 Å². The number of aryl methyl sites for hydroxylation is 1. The molecule has 5 rings (SSSR count). The predicted molar refractivity (Wildman–Crippen MR) is 131 cm³/mol. The first-order chi connectivity index (χ1) is 16.6. The minimum absolute atomic E-state index is 0.0360. The second kappa shape index (κ2) is 9.71. The van der Waals surface area contributed by atoms with Gasteiger partial charge >= 0.3 is 0 Å². The molecular weight excluding hydrogens is 428 g/mol. The van der Waals surface area contributed by atoms with Gasteiger partial charge in [0.1, 0.15) is 11.5 Å². The van der Waals surface area contributed by atoms with Crippen molar-refractivity contribution in [3.63, 3.8) is 0 Å². The van der Waals surface area contributed by atoms with Crippen LogP contribution in [0.15, 0.2) is 48.5 Å². The number of amides is 1. The minimum atomic E-state index is -0.0360. The topological polar surface area (TPSA) is 67.8 Å². The van der Waals surface area contributed by atoms with E-state index in [-0.39, 0.29) is 5.91 Å². The molecule has 0 unspecified atom stereocenters. The van der Waals surface area contributed by atoms with Crippen molar-refractivity contribution in [2.75, 3.05) is 31.6 Å². The number of aromatic nitrogens is 2. The molecule has 0 saturated carbocycles. The molecule has 0 N–H and O–H groups in total. The number of piperidine rings is 1. The Morgan fingerprint density at radius 2 is 1.74 bits per heavy atom. The summed E-state index contributed by atoms with van der Waals surface area (Å²) in [5.74, 6) is 2.64. The molecule has 2 aliphatic rings. The third kappa shape index (κ3) is 4.69. The summed E-state index contributed by atoms with van der Waals surface area (Å²) in [5, 5.41) is 0. The number of methoxy groups -OCH3 is 1.